The van der Waals surface area contributed by atoms with Crippen LogP contribution in [0.3, 0.4) is 0 Å². The molecule has 6 heteroatoms. The van der Waals surface area contributed by atoms with E-state index in [4.69, 9.17) is 0 Å². The van der Waals surface area contributed by atoms with Crippen LogP contribution in [0.25, 0.3) is 0 Å². The summed E-state index contributed by atoms with van der Waals surface area (Å²) in [6.07, 6.45) is -2.61. The number of alkyl halides is 3. The zero-order valence-electron chi connectivity index (χ0n) is 11.8. The van der Waals surface area contributed by atoms with Gasteiger partial charge < -0.3 is 10.6 Å². The van der Waals surface area contributed by atoms with Gasteiger partial charge in [0, 0.05) is 12.6 Å². The summed E-state index contributed by atoms with van der Waals surface area (Å²) >= 11 is 0. The van der Waals surface area contributed by atoms with Crippen molar-refractivity contribution in [3.8, 4) is 0 Å². The van der Waals surface area contributed by atoms with Gasteiger partial charge in [-0.3, -0.25) is 4.79 Å². The molecule has 1 fully saturated rings. The fourth-order valence-electron chi connectivity index (χ4n) is 2.58. The van der Waals surface area contributed by atoms with E-state index in [1.807, 2.05) is 6.92 Å². The highest BCUT2D eigenvalue weighted by Crippen LogP contribution is 2.29. The van der Waals surface area contributed by atoms with E-state index >= 15 is 0 Å². The van der Waals surface area contributed by atoms with Crippen molar-refractivity contribution in [1.82, 2.24) is 10.6 Å². The summed E-state index contributed by atoms with van der Waals surface area (Å²) in [7, 11) is 0. The molecule has 0 spiro atoms. The highest BCUT2D eigenvalue weighted by atomic mass is 19.4. The van der Waals surface area contributed by atoms with Crippen LogP contribution >= 0.6 is 0 Å². The molecular weight excluding hydrogens is 281 g/mol. The average molecular weight is 300 g/mol. The van der Waals surface area contributed by atoms with Crippen LogP contribution in [0.2, 0.25) is 0 Å². The number of nitrogens with one attached hydrogen (secondary N) is 2. The van der Waals surface area contributed by atoms with E-state index in [0.717, 1.165) is 31.5 Å². The molecule has 1 aromatic rings. The van der Waals surface area contributed by atoms with Crippen LogP contribution in [0.5, 0.6) is 0 Å². The number of piperidine rings is 1. The minimum absolute atomic E-state index is 0.0975. The number of amides is 1. The van der Waals surface area contributed by atoms with Crippen molar-refractivity contribution >= 4 is 5.91 Å². The molecule has 1 amide bonds. The summed E-state index contributed by atoms with van der Waals surface area (Å²) in [5.41, 5.74) is -0.239. The standard InChI is InChI=1S/C15H19F3N2O/c1-10-13(6-3-7-19-10)14(21)20-9-11-4-2-5-12(8-11)15(16,17)18/h2,4-5,8,10,13,19H,3,6-7,9H2,1H3,(H,20,21). The molecule has 2 atom stereocenters. The van der Waals surface area contributed by atoms with Crippen molar-refractivity contribution in [1.29, 1.82) is 0 Å². The maximum Gasteiger partial charge on any atom is 0.416 e. The maximum absolute atomic E-state index is 12.6. The molecular formula is C15H19F3N2O. The lowest BCUT2D eigenvalue weighted by molar-refractivity contribution is -0.137. The van der Waals surface area contributed by atoms with Crippen LogP contribution in [-0.2, 0) is 17.5 Å². The minimum Gasteiger partial charge on any atom is -0.352 e. The molecule has 1 saturated heterocycles. The number of carbonyl (C=O) groups is 1. The van der Waals surface area contributed by atoms with Gasteiger partial charge in [0.2, 0.25) is 5.91 Å². The highest BCUT2D eigenvalue weighted by Gasteiger charge is 2.30. The Hall–Kier alpha value is -1.56. The van der Waals surface area contributed by atoms with Gasteiger partial charge in [0.1, 0.15) is 0 Å². The summed E-state index contributed by atoms with van der Waals surface area (Å²) in [5, 5.41) is 5.96. The minimum atomic E-state index is -4.36. The molecule has 21 heavy (non-hydrogen) atoms. The van der Waals surface area contributed by atoms with Crippen molar-refractivity contribution in [2.24, 2.45) is 5.92 Å². The van der Waals surface area contributed by atoms with Crippen LogP contribution in [-0.4, -0.2) is 18.5 Å². The molecule has 1 aliphatic rings. The molecule has 2 N–H and O–H groups in total. The first kappa shape index (κ1) is 15.8. The predicted molar refractivity (Wildman–Crippen MR) is 73.5 cm³/mol. The molecule has 1 heterocycles. The van der Waals surface area contributed by atoms with Gasteiger partial charge in [-0.15, -0.1) is 0 Å². The third kappa shape index (κ3) is 4.20. The Labute approximate surface area is 121 Å². The lowest BCUT2D eigenvalue weighted by Gasteiger charge is -2.28. The largest absolute Gasteiger partial charge is 0.416 e. The van der Waals surface area contributed by atoms with Gasteiger partial charge in [0.25, 0.3) is 0 Å². The normalized spacial score (nSPS) is 22.9. The number of carbonyl (C=O) groups excluding carboxylic acids is 1. The Morgan fingerprint density at radius 3 is 2.86 bits per heavy atom. The van der Waals surface area contributed by atoms with Gasteiger partial charge in [0.15, 0.2) is 0 Å². The third-order valence-corrected chi connectivity index (χ3v) is 3.82. The van der Waals surface area contributed by atoms with Gasteiger partial charge in [-0.05, 0) is 44.0 Å². The molecule has 0 aromatic heterocycles. The zero-order chi connectivity index (χ0) is 15.5. The molecule has 116 valence electrons. The summed E-state index contributed by atoms with van der Waals surface area (Å²) < 4.78 is 37.8. The second-order valence-corrected chi connectivity index (χ2v) is 5.41. The first-order valence-electron chi connectivity index (χ1n) is 7.05. The molecule has 0 bridgehead atoms. The Balaban J connectivity index is 1.95. The van der Waals surface area contributed by atoms with Crippen LogP contribution < -0.4 is 10.6 Å². The van der Waals surface area contributed by atoms with E-state index in [0.29, 0.717) is 5.56 Å². The molecule has 1 aliphatic heterocycles. The number of hydrogen-bond acceptors (Lipinski definition) is 2. The van der Waals surface area contributed by atoms with Crippen molar-refractivity contribution in [2.75, 3.05) is 6.54 Å². The lowest BCUT2D eigenvalue weighted by Crippen LogP contribution is -2.46. The summed E-state index contributed by atoms with van der Waals surface area (Å²) in [5.74, 6) is -0.225. The SMILES string of the molecule is CC1NCCCC1C(=O)NCc1cccc(C(F)(F)F)c1. The lowest BCUT2D eigenvalue weighted by atomic mass is 9.91. The van der Waals surface area contributed by atoms with Gasteiger partial charge in [0.05, 0.1) is 11.5 Å². The number of rotatable bonds is 3. The third-order valence-electron chi connectivity index (χ3n) is 3.82. The Morgan fingerprint density at radius 2 is 2.19 bits per heavy atom. The molecule has 0 aliphatic carbocycles. The molecule has 0 radical (unpaired) electrons. The topological polar surface area (TPSA) is 41.1 Å². The van der Waals surface area contributed by atoms with E-state index in [2.05, 4.69) is 10.6 Å². The van der Waals surface area contributed by atoms with E-state index in [1.165, 1.54) is 6.07 Å². The Bertz CT molecular complexity index is 502. The van der Waals surface area contributed by atoms with E-state index in [1.54, 1.807) is 6.07 Å². The van der Waals surface area contributed by atoms with Crippen LogP contribution in [0.1, 0.15) is 30.9 Å². The number of hydrogen-bond donors (Lipinski definition) is 2. The second kappa shape index (κ2) is 6.47. The summed E-state index contributed by atoms with van der Waals surface area (Å²) in [4.78, 5) is 12.1. The smallest absolute Gasteiger partial charge is 0.352 e. The maximum atomic E-state index is 12.6. The van der Waals surface area contributed by atoms with Gasteiger partial charge in [-0.2, -0.15) is 13.2 Å². The molecule has 0 saturated carbocycles. The van der Waals surface area contributed by atoms with Gasteiger partial charge in [-0.25, -0.2) is 0 Å². The Morgan fingerprint density at radius 1 is 1.43 bits per heavy atom. The van der Waals surface area contributed by atoms with Crippen molar-refractivity contribution in [3.05, 3.63) is 35.4 Å². The summed E-state index contributed by atoms with van der Waals surface area (Å²) in [6, 6.07) is 5.13. The second-order valence-electron chi connectivity index (χ2n) is 5.41. The fraction of sp³-hybridized carbons (Fsp3) is 0.533. The van der Waals surface area contributed by atoms with Crippen LogP contribution in [0.15, 0.2) is 24.3 Å². The Kier molecular flexibility index (Phi) is 4.88. The molecule has 2 rings (SSSR count). The van der Waals surface area contributed by atoms with Crippen LogP contribution in [0.4, 0.5) is 13.2 Å². The molecule has 2 unspecified atom stereocenters. The first-order chi connectivity index (χ1) is 9.88. The van der Waals surface area contributed by atoms with Gasteiger partial charge >= 0.3 is 6.18 Å². The molecule has 1 aromatic carbocycles. The van der Waals surface area contributed by atoms with Crippen molar-refractivity contribution in [3.63, 3.8) is 0 Å². The zero-order valence-corrected chi connectivity index (χ0v) is 11.8. The first-order valence-corrected chi connectivity index (χ1v) is 7.05. The van der Waals surface area contributed by atoms with E-state index < -0.39 is 11.7 Å². The number of halogens is 3. The quantitative estimate of drug-likeness (QED) is 0.901. The van der Waals surface area contributed by atoms with E-state index in [9.17, 15) is 18.0 Å². The molecule has 3 nitrogen and oxygen atoms in total. The summed E-state index contributed by atoms with van der Waals surface area (Å²) in [6.45, 7) is 2.97. The van der Waals surface area contributed by atoms with E-state index in [-0.39, 0.29) is 24.4 Å². The fourth-order valence-corrected chi connectivity index (χ4v) is 2.58. The number of benzene rings is 1. The predicted octanol–water partition coefficient (Wildman–Crippen LogP) is 2.71. The van der Waals surface area contributed by atoms with Crippen molar-refractivity contribution < 1.29 is 18.0 Å². The van der Waals surface area contributed by atoms with Crippen molar-refractivity contribution in [2.45, 2.75) is 38.5 Å². The average Bonchev–Trinajstić information content (AvgIpc) is 2.45. The van der Waals surface area contributed by atoms with Gasteiger partial charge in [-0.1, -0.05) is 12.1 Å². The van der Waals surface area contributed by atoms with Crippen LogP contribution in [0, 0.1) is 5.92 Å². The monoisotopic (exact) mass is 300 g/mol. The highest BCUT2D eigenvalue weighted by molar-refractivity contribution is 5.79.